The maximum atomic E-state index is 11.6. The lowest BCUT2D eigenvalue weighted by Crippen LogP contribution is -2.17. The summed E-state index contributed by atoms with van der Waals surface area (Å²) in [5.74, 6) is -1.51. The van der Waals surface area contributed by atoms with Gasteiger partial charge in [-0.3, -0.25) is 4.79 Å². The summed E-state index contributed by atoms with van der Waals surface area (Å²) in [6.45, 7) is 1.84. The number of hydrogen-bond acceptors (Lipinski definition) is 3. The van der Waals surface area contributed by atoms with Gasteiger partial charge in [0.25, 0.3) is 0 Å². The van der Waals surface area contributed by atoms with Gasteiger partial charge in [0.15, 0.2) is 5.78 Å². The monoisotopic (exact) mass is 233 g/mol. The van der Waals surface area contributed by atoms with Crippen LogP contribution in [-0.4, -0.2) is 16.9 Å². The summed E-state index contributed by atoms with van der Waals surface area (Å²) in [5.41, 5.74) is 5.78. The normalized spacial score (nSPS) is 11.8. The molecule has 0 atom stereocenters. The highest BCUT2D eigenvalue weighted by Crippen LogP contribution is 2.18. The van der Waals surface area contributed by atoms with Crippen LogP contribution in [0.2, 0.25) is 0 Å². The van der Waals surface area contributed by atoms with Gasteiger partial charge in [-0.25, -0.2) is 4.79 Å². The van der Waals surface area contributed by atoms with E-state index in [-0.39, 0.29) is 23.5 Å². The fourth-order valence-electron chi connectivity index (χ4n) is 1.50. The molecule has 0 aliphatic rings. The van der Waals surface area contributed by atoms with Gasteiger partial charge < -0.3 is 10.8 Å². The van der Waals surface area contributed by atoms with E-state index in [1.54, 1.807) is 30.3 Å². The van der Waals surface area contributed by atoms with Crippen LogP contribution in [0.15, 0.2) is 36.0 Å². The number of ketones is 1. The molecule has 3 N–H and O–H groups in total. The van der Waals surface area contributed by atoms with Crippen molar-refractivity contribution >= 4 is 17.3 Å². The summed E-state index contributed by atoms with van der Waals surface area (Å²) in [4.78, 5) is 22.8. The molecule has 1 aromatic carbocycles. The second-order valence-corrected chi connectivity index (χ2v) is 3.63. The Morgan fingerprint density at radius 2 is 1.82 bits per heavy atom. The number of allylic oxidation sites excluding steroid dienone is 1. The van der Waals surface area contributed by atoms with Crippen LogP contribution in [-0.2, 0) is 9.59 Å². The molecule has 0 radical (unpaired) electrons. The van der Waals surface area contributed by atoms with Gasteiger partial charge >= 0.3 is 5.97 Å². The molecule has 0 saturated heterocycles. The molecule has 0 aliphatic heterocycles. The third-order valence-corrected chi connectivity index (χ3v) is 2.32. The van der Waals surface area contributed by atoms with Gasteiger partial charge in [0.05, 0.1) is 11.3 Å². The lowest BCUT2D eigenvalue weighted by Gasteiger charge is -2.07. The van der Waals surface area contributed by atoms with Gasteiger partial charge in [-0.05, 0) is 12.0 Å². The number of rotatable bonds is 5. The molecule has 0 aromatic heterocycles. The largest absolute Gasteiger partial charge is 0.478 e. The Morgan fingerprint density at radius 3 is 2.29 bits per heavy atom. The number of benzene rings is 1. The first-order valence-electron chi connectivity index (χ1n) is 5.39. The Bertz CT molecular complexity index is 449. The summed E-state index contributed by atoms with van der Waals surface area (Å²) in [7, 11) is 0. The fraction of sp³-hybridized carbons (Fsp3) is 0.231. The Kier molecular flexibility index (Phi) is 4.46. The van der Waals surface area contributed by atoms with Crippen LogP contribution in [0.25, 0.3) is 5.57 Å². The Balaban J connectivity index is 3.22. The Morgan fingerprint density at radius 1 is 1.24 bits per heavy atom. The van der Waals surface area contributed by atoms with E-state index in [9.17, 15) is 9.59 Å². The number of carbonyl (C=O) groups is 2. The van der Waals surface area contributed by atoms with Crippen molar-refractivity contribution in [3.8, 4) is 0 Å². The minimum atomic E-state index is -1.18. The molecular formula is C13H15NO3. The van der Waals surface area contributed by atoms with Crippen molar-refractivity contribution in [3.05, 3.63) is 41.6 Å². The number of carbonyl (C=O) groups excluding carboxylic acids is 1. The van der Waals surface area contributed by atoms with Crippen LogP contribution >= 0.6 is 0 Å². The first-order chi connectivity index (χ1) is 8.07. The maximum Gasteiger partial charge on any atom is 0.338 e. The van der Waals surface area contributed by atoms with E-state index in [2.05, 4.69) is 0 Å². The molecule has 90 valence electrons. The zero-order valence-corrected chi connectivity index (χ0v) is 9.64. The molecule has 0 aliphatic carbocycles. The van der Waals surface area contributed by atoms with Crippen molar-refractivity contribution in [3.63, 3.8) is 0 Å². The van der Waals surface area contributed by atoms with Crippen molar-refractivity contribution in [2.75, 3.05) is 0 Å². The van der Waals surface area contributed by atoms with Crippen molar-refractivity contribution in [2.45, 2.75) is 19.8 Å². The third kappa shape index (κ3) is 3.17. The minimum Gasteiger partial charge on any atom is -0.478 e. The van der Waals surface area contributed by atoms with Gasteiger partial charge in [-0.1, -0.05) is 37.3 Å². The molecule has 4 heteroatoms. The fourth-order valence-corrected chi connectivity index (χ4v) is 1.50. The smallest absolute Gasteiger partial charge is 0.338 e. The second-order valence-electron chi connectivity index (χ2n) is 3.63. The highest BCUT2D eigenvalue weighted by Gasteiger charge is 2.18. The number of nitrogens with two attached hydrogens (primary N) is 1. The van der Waals surface area contributed by atoms with E-state index in [1.807, 2.05) is 6.92 Å². The van der Waals surface area contributed by atoms with Crippen molar-refractivity contribution < 1.29 is 14.7 Å². The lowest BCUT2D eigenvalue weighted by atomic mass is 10.0. The number of carboxylic acid groups (broad SMARTS) is 1. The van der Waals surface area contributed by atoms with Crippen molar-refractivity contribution in [2.24, 2.45) is 5.73 Å². The van der Waals surface area contributed by atoms with Crippen LogP contribution in [0, 0.1) is 0 Å². The number of aliphatic carboxylic acids is 1. The standard InChI is InChI=1S/C13H15NO3/c1-2-6-10(15)12(14)11(13(16)17)9-7-4-3-5-8-9/h3-5,7-8H,2,6,14H2,1H3,(H,16,17)/b12-11+. The van der Waals surface area contributed by atoms with E-state index in [4.69, 9.17) is 10.8 Å². The highest BCUT2D eigenvalue weighted by atomic mass is 16.4. The Labute approximate surface area is 99.8 Å². The first kappa shape index (κ1) is 13.0. The molecule has 1 rings (SSSR count). The predicted molar refractivity (Wildman–Crippen MR) is 65.1 cm³/mol. The quantitative estimate of drug-likeness (QED) is 0.760. The first-order valence-corrected chi connectivity index (χ1v) is 5.39. The minimum absolute atomic E-state index is 0.121. The summed E-state index contributed by atoms with van der Waals surface area (Å²) in [5, 5.41) is 9.12. The molecule has 0 bridgehead atoms. The molecule has 0 saturated carbocycles. The highest BCUT2D eigenvalue weighted by molar-refractivity contribution is 6.22. The molecule has 0 fully saturated rings. The molecule has 0 spiro atoms. The van der Waals surface area contributed by atoms with Crippen LogP contribution in [0.3, 0.4) is 0 Å². The molecule has 0 heterocycles. The summed E-state index contributed by atoms with van der Waals surface area (Å²) < 4.78 is 0. The third-order valence-electron chi connectivity index (χ3n) is 2.32. The summed E-state index contributed by atoms with van der Waals surface area (Å²) in [6.07, 6.45) is 0.899. The second kappa shape index (κ2) is 5.84. The predicted octanol–water partition coefficient (Wildman–Crippen LogP) is 1.81. The van der Waals surface area contributed by atoms with Gasteiger partial charge in [0, 0.05) is 6.42 Å². The van der Waals surface area contributed by atoms with E-state index >= 15 is 0 Å². The molecular weight excluding hydrogens is 218 g/mol. The van der Waals surface area contributed by atoms with E-state index in [0.717, 1.165) is 0 Å². The number of hydrogen-bond donors (Lipinski definition) is 2. The lowest BCUT2D eigenvalue weighted by molar-refractivity contribution is -0.130. The van der Waals surface area contributed by atoms with Crippen LogP contribution in [0.1, 0.15) is 25.3 Å². The Hall–Kier alpha value is -2.10. The average molecular weight is 233 g/mol. The van der Waals surface area contributed by atoms with Crippen LogP contribution in [0.5, 0.6) is 0 Å². The molecule has 0 amide bonds. The van der Waals surface area contributed by atoms with Gasteiger partial charge in [-0.15, -0.1) is 0 Å². The van der Waals surface area contributed by atoms with Crippen LogP contribution in [0.4, 0.5) is 0 Å². The van der Waals surface area contributed by atoms with E-state index in [1.165, 1.54) is 0 Å². The van der Waals surface area contributed by atoms with Gasteiger partial charge in [0.1, 0.15) is 0 Å². The van der Waals surface area contributed by atoms with Crippen molar-refractivity contribution in [1.29, 1.82) is 0 Å². The summed E-state index contributed by atoms with van der Waals surface area (Å²) in [6, 6.07) is 8.42. The van der Waals surface area contributed by atoms with E-state index in [0.29, 0.717) is 12.0 Å². The zero-order chi connectivity index (χ0) is 12.8. The SMILES string of the molecule is CCCC(=O)/C(N)=C(\C(=O)O)c1ccccc1. The van der Waals surface area contributed by atoms with Gasteiger partial charge in [-0.2, -0.15) is 0 Å². The number of Topliss-reactive ketones (excluding diaryl/α,β-unsaturated/α-hetero) is 1. The zero-order valence-electron chi connectivity index (χ0n) is 9.64. The molecule has 0 unspecified atom stereocenters. The molecule has 17 heavy (non-hydrogen) atoms. The topological polar surface area (TPSA) is 80.4 Å². The maximum absolute atomic E-state index is 11.6. The van der Waals surface area contributed by atoms with Gasteiger partial charge in [0.2, 0.25) is 0 Å². The summed E-state index contributed by atoms with van der Waals surface area (Å²) >= 11 is 0. The molecule has 4 nitrogen and oxygen atoms in total. The molecule has 1 aromatic rings. The number of carboxylic acids is 1. The van der Waals surface area contributed by atoms with E-state index < -0.39 is 5.97 Å². The van der Waals surface area contributed by atoms with Crippen LogP contribution < -0.4 is 5.73 Å². The average Bonchev–Trinajstić information content (AvgIpc) is 2.30. The van der Waals surface area contributed by atoms with Crippen molar-refractivity contribution in [1.82, 2.24) is 0 Å².